The number of rotatable bonds is 14. The van der Waals surface area contributed by atoms with Crippen LogP contribution in [0.5, 0.6) is 0 Å². The molecule has 3 aliphatic rings. The average molecular weight is 561 g/mol. The third-order valence-corrected chi connectivity index (χ3v) is 8.17. The molecule has 2 saturated heterocycles. The molecule has 226 valence electrons. The molecule has 1 aliphatic carbocycles. The van der Waals surface area contributed by atoms with Crippen molar-refractivity contribution in [2.24, 2.45) is 17.8 Å². The number of allylic oxidation sites excluding steroid dienone is 2. The molecule has 1 N–H and O–H groups in total. The number of hydrogen-bond acceptors (Lipinski definition) is 7. The maximum atomic E-state index is 11.4. The van der Waals surface area contributed by atoms with Crippen molar-refractivity contribution in [2.45, 2.75) is 128 Å². The predicted molar refractivity (Wildman–Crippen MR) is 155 cm³/mol. The number of aliphatic hydroxyl groups is 1. The molecule has 8 atom stereocenters. The SMILES string of the molecule is CCC#CCC(C)[C@@H](C=C[C@@H]1[C@@H](CC=CCCCC(=O)OC)[C@H](O)C[C@H]1OC1CCCCO1)OC1CCCCO1. The zero-order valence-corrected chi connectivity index (χ0v) is 24.9. The first kappa shape index (κ1) is 32.8. The largest absolute Gasteiger partial charge is 0.469 e. The molecule has 7 nitrogen and oxygen atoms in total. The Bertz CT molecular complexity index is 831. The number of hydrogen-bond donors (Lipinski definition) is 1. The first-order valence-corrected chi connectivity index (χ1v) is 15.6. The molecule has 3 fully saturated rings. The van der Waals surface area contributed by atoms with E-state index in [1.165, 1.54) is 7.11 Å². The molecule has 0 amide bonds. The van der Waals surface area contributed by atoms with Gasteiger partial charge in [-0.05, 0) is 69.6 Å². The maximum absolute atomic E-state index is 11.4. The summed E-state index contributed by atoms with van der Waals surface area (Å²) in [5, 5.41) is 11.1. The van der Waals surface area contributed by atoms with Gasteiger partial charge in [0.2, 0.25) is 0 Å². The topological polar surface area (TPSA) is 83.5 Å². The number of aliphatic hydroxyl groups excluding tert-OH is 1. The van der Waals surface area contributed by atoms with Crippen LogP contribution >= 0.6 is 0 Å². The van der Waals surface area contributed by atoms with Crippen LogP contribution in [0.15, 0.2) is 24.3 Å². The van der Waals surface area contributed by atoms with Gasteiger partial charge in [0.1, 0.15) is 0 Å². The molecule has 2 heterocycles. The monoisotopic (exact) mass is 560 g/mol. The van der Waals surface area contributed by atoms with Crippen molar-refractivity contribution in [3.05, 3.63) is 24.3 Å². The summed E-state index contributed by atoms with van der Waals surface area (Å²) < 4.78 is 29.5. The Kier molecular flexibility index (Phi) is 15.3. The molecular weight excluding hydrogens is 508 g/mol. The molecule has 40 heavy (non-hydrogen) atoms. The normalized spacial score (nSPS) is 30.7. The highest BCUT2D eigenvalue weighted by atomic mass is 16.7. The highest BCUT2D eigenvalue weighted by molar-refractivity contribution is 5.69. The van der Waals surface area contributed by atoms with Crippen LogP contribution in [0, 0.1) is 29.6 Å². The molecule has 0 aromatic heterocycles. The number of unbranched alkanes of at least 4 members (excludes halogenated alkanes) is 1. The fraction of sp³-hybridized carbons (Fsp3) is 0.788. The van der Waals surface area contributed by atoms with Gasteiger partial charge in [0.15, 0.2) is 12.6 Å². The van der Waals surface area contributed by atoms with Crippen molar-refractivity contribution in [3.8, 4) is 11.8 Å². The number of carbonyl (C=O) groups excluding carboxylic acids is 1. The van der Waals surface area contributed by atoms with Crippen LogP contribution in [0.25, 0.3) is 0 Å². The van der Waals surface area contributed by atoms with Gasteiger partial charge in [0, 0.05) is 44.8 Å². The summed E-state index contributed by atoms with van der Waals surface area (Å²) in [6.45, 7) is 5.72. The average Bonchev–Trinajstić information content (AvgIpc) is 3.26. The molecule has 3 rings (SSSR count). The van der Waals surface area contributed by atoms with Gasteiger partial charge in [-0.25, -0.2) is 0 Å². The maximum Gasteiger partial charge on any atom is 0.305 e. The highest BCUT2D eigenvalue weighted by Crippen LogP contribution is 2.40. The second-order valence-corrected chi connectivity index (χ2v) is 11.4. The van der Waals surface area contributed by atoms with Crippen LogP contribution in [0.3, 0.4) is 0 Å². The molecule has 0 aromatic carbocycles. The lowest BCUT2D eigenvalue weighted by atomic mass is 9.88. The summed E-state index contributed by atoms with van der Waals surface area (Å²) in [4.78, 5) is 11.4. The summed E-state index contributed by atoms with van der Waals surface area (Å²) in [7, 11) is 1.42. The quantitative estimate of drug-likeness (QED) is 0.119. The molecule has 0 bridgehead atoms. The van der Waals surface area contributed by atoms with Gasteiger partial charge in [0.25, 0.3) is 0 Å². The van der Waals surface area contributed by atoms with E-state index in [2.05, 4.69) is 50.0 Å². The molecule has 7 heteroatoms. The van der Waals surface area contributed by atoms with Gasteiger partial charge >= 0.3 is 5.97 Å². The zero-order chi connectivity index (χ0) is 28.6. The molecular formula is C33H52O7. The number of methoxy groups -OCH3 is 1. The summed E-state index contributed by atoms with van der Waals surface area (Å²) in [5.74, 6) is 6.57. The first-order chi connectivity index (χ1) is 19.5. The molecule has 0 aromatic rings. The third kappa shape index (κ3) is 11.3. The van der Waals surface area contributed by atoms with E-state index in [-0.39, 0.29) is 48.5 Å². The van der Waals surface area contributed by atoms with Crippen molar-refractivity contribution in [1.29, 1.82) is 0 Å². The summed E-state index contributed by atoms with van der Waals surface area (Å²) in [5.41, 5.74) is 0. The van der Waals surface area contributed by atoms with Crippen LogP contribution in [0.4, 0.5) is 0 Å². The van der Waals surface area contributed by atoms with Crippen LogP contribution in [-0.4, -0.2) is 62.3 Å². The molecule has 0 radical (unpaired) electrons. The minimum Gasteiger partial charge on any atom is -0.469 e. The van der Waals surface area contributed by atoms with Crippen LogP contribution in [0.2, 0.25) is 0 Å². The Hall–Kier alpha value is -1.69. The van der Waals surface area contributed by atoms with Crippen molar-refractivity contribution < 1.29 is 33.6 Å². The van der Waals surface area contributed by atoms with Gasteiger partial charge in [0.05, 0.1) is 25.4 Å². The van der Waals surface area contributed by atoms with Crippen molar-refractivity contribution in [2.75, 3.05) is 20.3 Å². The standard InChI is InChI=1S/C33H52O7/c1-4-5-8-15-25(2)29(39-32-18-11-13-22-37-32)21-20-27-26(16-9-6-7-10-17-31(35)36-3)28(34)24-30(27)40-33-19-12-14-23-38-33/h6,9,20-21,25-30,32-34H,4,7,10-19,22-24H2,1-3H3/t25?,26-,27-,28-,29-,30-,32?,33?/m1/s1. The van der Waals surface area contributed by atoms with E-state index in [1.807, 2.05) is 0 Å². The number of esters is 1. The first-order valence-electron chi connectivity index (χ1n) is 15.6. The summed E-state index contributed by atoms with van der Waals surface area (Å²) in [6.07, 6.45) is 18.6. The van der Waals surface area contributed by atoms with Crippen molar-refractivity contribution >= 4 is 5.97 Å². The van der Waals surface area contributed by atoms with Crippen LogP contribution in [-0.2, 0) is 28.5 Å². The van der Waals surface area contributed by atoms with E-state index in [4.69, 9.17) is 23.7 Å². The molecule has 0 spiro atoms. The lowest BCUT2D eigenvalue weighted by Gasteiger charge is -2.31. The minimum absolute atomic E-state index is 0.0310. The molecule has 1 saturated carbocycles. The highest BCUT2D eigenvalue weighted by Gasteiger charge is 2.42. The van der Waals surface area contributed by atoms with E-state index in [0.717, 1.165) is 83.8 Å². The lowest BCUT2D eigenvalue weighted by Crippen LogP contribution is -2.32. The van der Waals surface area contributed by atoms with Gasteiger partial charge in [-0.3, -0.25) is 4.79 Å². The Morgan fingerprint density at radius 2 is 1.82 bits per heavy atom. The minimum atomic E-state index is -0.461. The van der Waals surface area contributed by atoms with Gasteiger partial charge in [-0.1, -0.05) is 38.2 Å². The zero-order valence-electron chi connectivity index (χ0n) is 24.9. The van der Waals surface area contributed by atoms with E-state index in [0.29, 0.717) is 12.8 Å². The summed E-state index contributed by atoms with van der Waals surface area (Å²) >= 11 is 0. The van der Waals surface area contributed by atoms with Gasteiger partial charge in [-0.2, -0.15) is 0 Å². The van der Waals surface area contributed by atoms with Crippen LogP contribution in [0.1, 0.15) is 97.3 Å². The second kappa shape index (κ2) is 18.7. The number of ether oxygens (including phenoxy) is 5. The lowest BCUT2D eigenvalue weighted by molar-refractivity contribution is -0.193. The predicted octanol–water partition coefficient (Wildman–Crippen LogP) is 6.09. The van der Waals surface area contributed by atoms with Crippen LogP contribution < -0.4 is 0 Å². The van der Waals surface area contributed by atoms with Gasteiger partial charge < -0.3 is 28.8 Å². The number of carbonyl (C=O) groups is 1. The second-order valence-electron chi connectivity index (χ2n) is 11.4. The Labute approximate surface area is 242 Å². The fourth-order valence-corrected chi connectivity index (χ4v) is 5.76. The molecule has 3 unspecified atom stereocenters. The smallest absolute Gasteiger partial charge is 0.305 e. The van der Waals surface area contributed by atoms with Gasteiger partial charge in [-0.15, -0.1) is 11.8 Å². The third-order valence-electron chi connectivity index (χ3n) is 8.17. The Balaban J connectivity index is 1.72. The Morgan fingerprint density at radius 3 is 2.50 bits per heavy atom. The fourth-order valence-electron chi connectivity index (χ4n) is 5.76. The summed E-state index contributed by atoms with van der Waals surface area (Å²) in [6, 6.07) is 0. The Morgan fingerprint density at radius 1 is 1.07 bits per heavy atom. The van der Waals surface area contributed by atoms with E-state index in [9.17, 15) is 9.90 Å². The van der Waals surface area contributed by atoms with E-state index in [1.54, 1.807) is 0 Å². The van der Waals surface area contributed by atoms with E-state index >= 15 is 0 Å². The van der Waals surface area contributed by atoms with Crippen molar-refractivity contribution in [1.82, 2.24) is 0 Å². The van der Waals surface area contributed by atoms with Crippen molar-refractivity contribution in [3.63, 3.8) is 0 Å². The van der Waals surface area contributed by atoms with E-state index < -0.39 is 6.10 Å². The molecule has 2 aliphatic heterocycles.